The van der Waals surface area contributed by atoms with E-state index in [0.717, 1.165) is 5.75 Å². The highest BCUT2D eigenvalue weighted by Crippen LogP contribution is 2.36. The number of aromatic nitrogens is 1. The van der Waals surface area contributed by atoms with Crippen molar-refractivity contribution in [1.29, 1.82) is 0 Å². The summed E-state index contributed by atoms with van der Waals surface area (Å²) in [6, 6.07) is 8.32. The third-order valence-electron chi connectivity index (χ3n) is 4.01. The minimum absolute atomic E-state index is 0.634. The molecule has 18 heavy (non-hydrogen) atoms. The van der Waals surface area contributed by atoms with Crippen LogP contribution < -0.4 is 4.74 Å². The van der Waals surface area contributed by atoms with Gasteiger partial charge in [0.2, 0.25) is 0 Å². The van der Waals surface area contributed by atoms with Gasteiger partial charge in [-0.25, -0.2) is 0 Å². The highest BCUT2D eigenvalue weighted by molar-refractivity contribution is 5.90. The zero-order valence-electron chi connectivity index (χ0n) is 10.9. The molecule has 0 bridgehead atoms. The minimum atomic E-state index is 0.634. The third kappa shape index (κ3) is 1.96. The van der Waals surface area contributed by atoms with Gasteiger partial charge in [-0.1, -0.05) is 31.4 Å². The number of nitrogens with zero attached hydrogens (tertiary/aromatic N) is 1. The van der Waals surface area contributed by atoms with Gasteiger partial charge in [-0.2, -0.15) is 0 Å². The van der Waals surface area contributed by atoms with Crippen LogP contribution in [0.25, 0.3) is 10.8 Å². The summed E-state index contributed by atoms with van der Waals surface area (Å²) in [6.45, 7) is 0. The van der Waals surface area contributed by atoms with E-state index in [1.165, 1.54) is 48.6 Å². The molecule has 1 aromatic heterocycles. The second-order valence-corrected chi connectivity index (χ2v) is 5.09. The van der Waals surface area contributed by atoms with Crippen LogP contribution in [0.15, 0.2) is 30.5 Å². The quantitative estimate of drug-likeness (QED) is 0.782. The Morgan fingerprint density at radius 3 is 2.67 bits per heavy atom. The molecule has 1 fully saturated rings. The van der Waals surface area contributed by atoms with Crippen LogP contribution in [0.4, 0.5) is 0 Å². The van der Waals surface area contributed by atoms with Gasteiger partial charge in [0, 0.05) is 22.9 Å². The monoisotopic (exact) mass is 241 g/mol. The predicted octanol–water partition coefficient (Wildman–Crippen LogP) is 4.29. The summed E-state index contributed by atoms with van der Waals surface area (Å²) in [5.74, 6) is 1.58. The van der Waals surface area contributed by atoms with Gasteiger partial charge in [0.15, 0.2) is 0 Å². The summed E-state index contributed by atoms with van der Waals surface area (Å²) >= 11 is 0. The number of fused-ring (bicyclic) bond motifs is 1. The predicted molar refractivity (Wildman–Crippen MR) is 74.1 cm³/mol. The minimum Gasteiger partial charge on any atom is -0.496 e. The van der Waals surface area contributed by atoms with Crippen LogP contribution in [0.3, 0.4) is 0 Å². The van der Waals surface area contributed by atoms with Gasteiger partial charge in [-0.05, 0) is 25.0 Å². The SMILES string of the molecule is COc1cccc2c(C3CCCCC3)nccc12. The lowest BCUT2D eigenvalue weighted by Crippen LogP contribution is -2.07. The van der Waals surface area contributed by atoms with E-state index in [-0.39, 0.29) is 0 Å². The Morgan fingerprint density at radius 1 is 1.06 bits per heavy atom. The van der Waals surface area contributed by atoms with Crippen LogP contribution in [-0.2, 0) is 0 Å². The lowest BCUT2D eigenvalue weighted by molar-refractivity contribution is 0.419. The van der Waals surface area contributed by atoms with E-state index < -0.39 is 0 Å². The maximum Gasteiger partial charge on any atom is 0.126 e. The van der Waals surface area contributed by atoms with Crippen molar-refractivity contribution in [3.8, 4) is 5.75 Å². The fraction of sp³-hybridized carbons (Fsp3) is 0.438. The molecule has 0 amide bonds. The van der Waals surface area contributed by atoms with Crippen molar-refractivity contribution in [1.82, 2.24) is 4.98 Å². The van der Waals surface area contributed by atoms with Gasteiger partial charge in [-0.15, -0.1) is 0 Å². The standard InChI is InChI=1S/C16H19NO/c1-18-15-9-5-8-14-13(15)10-11-17-16(14)12-6-3-2-4-7-12/h5,8-12H,2-4,6-7H2,1H3. The molecule has 0 atom stereocenters. The molecule has 2 aromatic rings. The summed E-state index contributed by atoms with van der Waals surface area (Å²) in [6.07, 6.45) is 8.55. The molecule has 0 spiro atoms. The Labute approximate surface area is 108 Å². The highest BCUT2D eigenvalue weighted by atomic mass is 16.5. The van der Waals surface area contributed by atoms with Crippen LogP contribution in [0.1, 0.15) is 43.7 Å². The van der Waals surface area contributed by atoms with Gasteiger partial charge >= 0.3 is 0 Å². The van der Waals surface area contributed by atoms with Crippen molar-refractivity contribution in [2.45, 2.75) is 38.0 Å². The second kappa shape index (κ2) is 4.97. The topological polar surface area (TPSA) is 22.1 Å². The van der Waals surface area contributed by atoms with E-state index in [9.17, 15) is 0 Å². The fourth-order valence-corrected chi connectivity index (χ4v) is 3.08. The van der Waals surface area contributed by atoms with Crippen LogP contribution in [0, 0.1) is 0 Å². The van der Waals surface area contributed by atoms with Crippen LogP contribution in [-0.4, -0.2) is 12.1 Å². The van der Waals surface area contributed by atoms with Crippen molar-refractivity contribution in [2.24, 2.45) is 0 Å². The number of hydrogen-bond acceptors (Lipinski definition) is 2. The Balaban J connectivity index is 2.11. The van der Waals surface area contributed by atoms with Crippen molar-refractivity contribution < 1.29 is 4.74 Å². The molecular weight excluding hydrogens is 222 g/mol. The van der Waals surface area contributed by atoms with Crippen molar-refractivity contribution in [2.75, 3.05) is 7.11 Å². The molecule has 0 radical (unpaired) electrons. The molecule has 1 heterocycles. The normalized spacial score (nSPS) is 16.9. The Kier molecular flexibility index (Phi) is 3.18. The summed E-state index contributed by atoms with van der Waals surface area (Å²) in [4.78, 5) is 4.65. The second-order valence-electron chi connectivity index (χ2n) is 5.09. The maximum atomic E-state index is 5.44. The lowest BCUT2D eigenvalue weighted by atomic mass is 9.85. The molecule has 2 nitrogen and oxygen atoms in total. The molecule has 1 aliphatic rings. The average molecular weight is 241 g/mol. The third-order valence-corrected chi connectivity index (χ3v) is 4.01. The number of hydrogen-bond donors (Lipinski definition) is 0. The highest BCUT2D eigenvalue weighted by Gasteiger charge is 2.19. The Hall–Kier alpha value is -1.57. The zero-order chi connectivity index (χ0) is 12.4. The van der Waals surface area contributed by atoms with Gasteiger partial charge in [0.1, 0.15) is 5.75 Å². The van der Waals surface area contributed by atoms with Crippen LogP contribution >= 0.6 is 0 Å². The molecule has 1 aromatic carbocycles. The summed E-state index contributed by atoms with van der Waals surface area (Å²) in [5, 5.41) is 2.46. The van der Waals surface area contributed by atoms with E-state index in [2.05, 4.69) is 23.2 Å². The molecule has 1 aliphatic carbocycles. The van der Waals surface area contributed by atoms with Gasteiger partial charge < -0.3 is 4.74 Å². The summed E-state index contributed by atoms with van der Waals surface area (Å²) in [5.41, 5.74) is 1.27. The number of ether oxygens (including phenoxy) is 1. The van der Waals surface area contributed by atoms with Crippen LogP contribution in [0.2, 0.25) is 0 Å². The average Bonchev–Trinajstić information content (AvgIpc) is 2.47. The van der Waals surface area contributed by atoms with E-state index in [1.54, 1.807) is 7.11 Å². The van der Waals surface area contributed by atoms with Crippen molar-refractivity contribution in [3.63, 3.8) is 0 Å². The first-order valence-corrected chi connectivity index (χ1v) is 6.82. The van der Waals surface area contributed by atoms with Gasteiger partial charge in [0.05, 0.1) is 12.8 Å². The first-order chi connectivity index (χ1) is 8.90. The van der Waals surface area contributed by atoms with Crippen LogP contribution in [0.5, 0.6) is 5.75 Å². The lowest BCUT2D eigenvalue weighted by Gasteiger charge is -2.22. The van der Waals surface area contributed by atoms with E-state index in [0.29, 0.717) is 5.92 Å². The first-order valence-electron chi connectivity index (χ1n) is 6.82. The molecule has 2 heteroatoms. The molecule has 0 saturated heterocycles. The Bertz CT molecular complexity index is 544. The van der Waals surface area contributed by atoms with Crippen molar-refractivity contribution in [3.05, 3.63) is 36.2 Å². The number of benzene rings is 1. The summed E-state index contributed by atoms with van der Waals surface area (Å²) < 4.78 is 5.44. The number of methoxy groups -OCH3 is 1. The molecule has 0 unspecified atom stereocenters. The fourth-order valence-electron chi connectivity index (χ4n) is 3.08. The van der Waals surface area contributed by atoms with Gasteiger partial charge in [0.25, 0.3) is 0 Å². The van der Waals surface area contributed by atoms with E-state index in [1.807, 2.05) is 12.3 Å². The zero-order valence-corrected chi connectivity index (χ0v) is 10.9. The number of pyridine rings is 1. The molecule has 3 rings (SSSR count). The largest absolute Gasteiger partial charge is 0.496 e. The van der Waals surface area contributed by atoms with E-state index >= 15 is 0 Å². The Morgan fingerprint density at radius 2 is 1.89 bits per heavy atom. The van der Waals surface area contributed by atoms with Crippen molar-refractivity contribution >= 4 is 10.8 Å². The number of rotatable bonds is 2. The van der Waals surface area contributed by atoms with Gasteiger partial charge in [-0.3, -0.25) is 4.98 Å². The molecular formula is C16H19NO. The molecule has 0 aliphatic heterocycles. The smallest absolute Gasteiger partial charge is 0.126 e. The van der Waals surface area contributed by atoms with E-state index in [4.69, 9.17) is 4.74 Å². The maximum absolute atomic E-state index is 5.44. The molecule has 0 N–H and O–H groups in total. The summed E-state index contributed by atoms with van der Waals surface area (Å²) in [7, 11) is 1.73. The first kappa shape index (κ1) is 11.5. The molecule has 1 saturated carbocycles. The molecule has 94 valence electrons.